The van der Waals surface area contributed by atoms with Crippen LogP contribution in [0, 0.1) is 0 Å². The first-order chi connectivity index (χ1) is 9.28. The monoisotopic (exact) mass is 384 g/mol. The van der Waals surface area contributed by atoms with E-state index in [-0.39, 0.29) is 33.1 Å². The molecule has 0 aliphatic heterocycles. The Bertz CT molecular complexity index is 469. The van der Waals surface area contributed by atoms with E-state index in [0.717, 1.165) is 6.42 Å². The van der Waals surface area contributed by atoms with Gasteiger partial charge in [-0.05, 0) is 0 Å². The van der Waals surface area contributed by atoms with Gasteiger partial charge in [-0.1, -0.05) is 0 Å². The van der Waals surface area contributed by atoms with Crippen LogP contribution in [0.1, 0.15) is 13.3 Å². The normalized spacial score (nSPS) is 11.2. The molecule has 0 bridgehead atoms. The summed E-state index contributed by atoms with van der Waals surface area (Å²) in [5.41, 5.74) is 0. The van der Waals surface area contributed by atoms with Crippen LogP contribution >= 0.6 is 0 Å². The SMILES string of the molecule is CCC(C=O)([Se]c1ccccc1)[Se]c1ccccc1. The summed E-state index contributed by atoms with van der Waals surface area (Å²) in [7, 11) is 0. The van der Waals surface area contributed by atoms with Crippen molar-refractivity contribution in [3.8, 4) is 0 Å². The standard InChI is InChI=1S/C16H16OSe2/c1-2-16(13-17,18-14-9-5-3-6-10-14)19-15-11-7-4-8-12-15/h3-13H,2H2,1H3. The Hall–Kier alpha value is -0.851. The van der Waals surface area contributed by atoms with Crippen molar-refractivity contribution in [1.29, 1.82) is 0 Å². The third kappa shape index (κ3) is 4.06. The molecule has 0 aliphatic carbocycles. The zero-order valence-corrected chi connectivity index (χ0v) is 14.2. The van der Waals surface area contributed by atoms with Crippen molar-refractivity contribution < 1.29 is 4.79 Å². The van der Waals surface area contributed by atoms with Crippen molar-refractivity contribution in [2.75, 3.05) is 0 Å². The molecule has 3 heteroatoms. The van der Waals surface area contributed by atoms with Crippen LogP contribution in [0.3, 0.4) is 0 Å². The molecular weight excluding hydrogens is 366 g/mol. The first-order valence-corrected chi connectivity index (χ1v) is 9.65. The molecule has 0 saturated heterocycles. The molecule has 0 unspecified atom stereocenters. The zero-order chi connectivity index (χ0) is 13.6. The second kappa shape index (κ2) is 7.07. The predicted octanol–water partition coefficient (Wildman–Crippen LogP) is 1.77. The Balaban J connectivity index is 2.20. The number of carbonyl (C=O) groups excluding carboxylic acids is 1. The first-order valence-electron chi connectivity index (χ1n) is 6.22. The van der Waals surface area contributed by atoms with E-state index < -0.39 is 0 Å². The molecule has 0 aromatic heterocycles. The number of hydrogen-bond acceptors (Lipinski definition) is 1. The van der Waals surface area contributed by atoms with Crippen molar-refractivity contribution in [2.24, 2.45) is 0 Å². The van der Waals surface area contributed by atoms with Gasteiger partial charge < -0.3 is 0 Å². The molecule has 0 radical (unpaired) electrons. The molecule has 0 aliphatic rings. The van der Waals surface area contributed by atoms with E-state index in [1.807, 2.05) is 12.1 Å². The second-order valence-electron chi connectivity index (χ2n) is 4.11. The molecule has 0 saturated carbocycles. The van der Waals surface area contributed by atoms with Crippen LogP contribution in [0.2, 0.25) is 3.21 Å². The van der Waals surface area contributed by atoms with E-state index in [9.17, 15) is 4.79 Å². The van der Waals surface area contributed by atoms with Gasteiger partial charge in [-0.15, -0.1) is 0 Å². The Morgan fingerprint density at radius 2 is 1.32 bits per heavy atom. The minimum atomic E-state index is -0.164. The summed E-state index contributed by atoms with van der Waals surface area (Å²) in [6, 6.07) is 20.8. The summed E-state index contributed by atoms with van der Waals surface area (Å²) in [4.78, 5) is 11.7. The number of benzene rings is 2. The Labute approximate surface area is 127 Å². The Morgan fingerprint density at radius 1 is 0.895 bits per heavy atom. The molecule has 2 aromatic rings. The fraction of sp³-hybridized carbons (Fsp3) is 0.188. The van der Waals surface area contributed by atoms with Crippen molar-refractivity contribution in [1.82, 2.24) is 0 Å². The van der Waals surface area contributed by atoms with Gasteiger partial charge in [0.1, 0.15) is 0 Å². The molecule has 19 heavy (non-hydrogen) atoms. The van der Waals surface area contributed by atoms with Gasteiger partial charge in [-0.2, -0.15) is 0 Å². The van der Waals surface area contributed by atoms with Crippen LogP contribution in [0.5, 0.6) is 0 Å². The van der Waals surface area contributed by atoms with Crippen LogP contribution in [0.15, 0.2) is 60.7 Å². The van der Waals surface area contributed by atoms with Crippen LogP contribution in [-0.2, 0) is 4.79 Å². The number of aldehydes is 1. The van der Waals surface area contributed by atoms with Gasteiger partial charge >= 0.3 is 127 Å². The van der Waals surface area contributed by atoms with Gasteiger partial charge in [0, 0.05) is 0 Å². The molecule has 0 spiro atoms. The summed E-state index contributed by atoms with van der Waals surface area (Å²) in [6.07, 6.45) is 2.12. The molecule has 2 aromatic carbocycles. The van der Waals surface area contributed by atoms with Crippen molar-refractivity contribution in [3.63, 3.8) is 0 Å². The van der Waals surface area contributed by atoms with Crippen LogP contribution in [0.4, 0.5) is 0 Å². The Kier molecular flexibility index (Phi) is 5.42. The molecule has 2 rings (SSSR count). The zero-order valence-electron chi connectivity index (χ0n) is 10.8. The summed E-state index contributed by atoms with van der Waals surface area (Å²) in [5.74, 6) is 0. The molecule has 0 amide bonds. The quantitative estimate of drug-likeness (QED) is 0.550. The predicted molar refractivity (Wildman–Crippen MR) is 82.7 cm³/mol. The third-order valence-electron chi connectivity index (χ3n) is 2.74. The molecule has 98 valence electrons. The molecule has 0 atom stereocenters. The second-order valence-corrected chi connectivity index (χ2v) is 11.3. The summed E-state index contributed by atoms with van der Waals surface area (Å²) in [6.45, 7) is 2.13. The molecule has 0 fully saturated rings. The summed E-state index contributed by atoms with van der Waals surface area (Å²) in [5, 5.41) is 0. The van der Waals surface area contributed by atoms with Crippen LogP contribution < -0.4 is 8.92 Å². The average Bonchev–Trinajstić information content (AvgIpc) is 2.48. The van der Waals surface area contributed by atoms with E-state index in [1.54, 1.807) is 0 Å². The maximum absolute atomic E-state index is 11.7. The van der Waals surface area contributed by atoms with Gasteiger partial charge in [-0.3, -0.25) is 0 Å². The number of carbonyl (C=O) groups is 1. The minimum absolute atomic E-state index is 0.164. The van der Waals surface area contributed by atoms with Gasteiger partial charge in [0.05, 0.1) is 0 Å². The summed E-state index contributed by atoms with van der Waals surface area (Å²) < 4.78 is 2.45. The fourth-order valence-electron chi connectivity index (χ4n) is 1.67. The Morgan fingerprint density at radius 3 is 1.63 bits per heavy atom. The van der Waals surface area contributed by atoms with Crippen LogP contribution in [-0.4, -0.2) is 36.2 Å². The van der Waals surface area contributed by atoms with Crippen molar-refractivity contribution in [3.05, 3.63) is 60.7 Å². The molecule has 0 heterocycles. The fourth-order valence-corrected chi connectivity index (χ4v) is 8.02. The maximum atomic E-state index is 11.7. The van der Waals surface area contributed by atoms with Crippen LogP contribution in [0.25, 0.3) is 0 Å². The number of rotatable bonds is 6. The van der Waals surface area contributed by atoms with Crippen molar-refractivity contribution >= 4 is 45.1 Å². The molecule has 1 nitrogen and oxygen atoms in total. The van der Waals surface area contributed by atoms with E-state index in [0.29, 0.717) is 0 Å². The van der Waals surface area contributed by atoms with Crippen molar-refractivity contribution in [2.45, 2.75) is 16.6 Å². The van der Waals surface area contributed by atoms with Gasteiger partial charge in [-0.25, -0.2) is 0 Å². The van der Waals surface area contributed by atoms with E-state index in [1.165, 1.54) is 15.2 Å². The van der Waals surface area contributed by atoms with Gasteiger partial charge in [0.15, 0.2) is 0 Å². The van der Waals surface area contributed by atoms with E-state index >= 15 is 0 Å². The van der Waals surface area contributed by atoms with Gasteiger partial charge in [0.25, 0.3) is 0 Å². The van der Waals surface area contributed by atoms with E-state index in [4.69, 9.17) is 0 Å². The molecule has 0 N–H and O–H groups in total. The summed E-state index contributed by atoms with van der Waals surface area (Å²) >= 11 is 0.390. The topological polar surface area (TPSA) is 17.1 Å². The third-order valence-corrected chi connectivity index (χ3v) is 9.75. The van der Waals surface area contributed by atoms with Gasteiger partial charge in [0.2, 0.25) is 0 Å². The number of hydrogen-bond donors (Lipinski definition) is 0. The average molecular weight is 382 g/mol. The first kappa shape index (κ1) is 14.6. The van der Waals surface area contributed by atoms with E-state index in [2.05, 4.69) is 55.5 Å². The molecular formula is C16H16OSe2.